The molecular weight excluding hydrogens is 255 g/mol. The summed E-state index contributed by atoms with van der Waals surface area (Å²) in [5.74, 6) is 0.0478. The summed E-state index contributed by atoms with van der Waals surface area (Å²) < 4.78 is 39.4. The Labute approximate surface area is 109 Å². The SMILES string of the molecule is CC(C)n1c(CC(F)(F)F)nc2cc(CN)ccc21. The second-order valence-electron chi connectivity index (χ2n) is 4.81. The molecule has 0 amide bonds. The predicted octanol–water partition coefficient (Wildman–Crippen LogP) is 3.18. The van der Waals surface area contributed by atoms with Crippen LogP contribution in [0.15, 0.2) is 18.2 Å². The van der Waals surface area contributed by atoms with Crippen LogP contribution in [0, 0.1) is 0 Å². The van der Waals surface area contributed by atoms with Gasteiger partial charge in [0.25, 0.3) is 0 Å². The summed E-state index contributed by atoms with van der Waals surface area (Å²) in [5.41, 5.74) is 7.67. The normalized spacial score (nSPS) is 12.6. The summed E-state index contributed by atoms with van der Waals surface area (Å²) in [7, 11) is 0. The number of imidazole rings is 1. The number of benzene rings is 1. The molecule has 2 rings (SSSR count). The van der Waals surface area contributed by atoms with Gasteiger partial charge in [0.1, 0.15) is 12.2 Å². The van der Waals surface area contributed by atoms with Crippen molar-refractivity contribution in [1.29, 1.82) is 0 Å². The third kappa shape index (κ3) is 2.89. The molecule has 0 aliphatic heterocycles. The van der Waals surface area contributed by atoms with Crippen molar-refractivity contribution in [1.82, 2.24) is 9.55 Å². The van der Waals surface area contributed by atoms with Crippen LogP contribution in [0.4, 0.5) is 13.2 Å². The van der Waals surface area contributed by atoms with Crippen molar-refractivity contribution in [3.8, 4) is 0 Å². The minimum Gasteiger partial charge on any atom is -0.326 e. The average Bonchev–Trinajstić information content (AvgIpc) is 2.62. The lowest BCUT2D eigenvalue weighted by Gasteiger charge is -2.14. The zero-order valence-corrected chi connectivity index (χ0v) is 10.8. The van der Waals surface area contributed by atoms with Crippen LogP contribution >= 0.6 is 0 Å². The van der Waals surface area contributed by atoms with E-state index in [1.165, 1.54) is 0 Å². The topological polar surface area (TPSA) is 43.8 Å². The maximum Gasteiger partial charge on any atom is 0.396 e. The van der Waals surface area contributed by atoms with Gasteiger partial charge in [0.2, 0.25) is 0 Å². The fraction of sp³-hybridized carbons (Fsp3) is 0.462. The number of nitrogens with zero attached hydrogens (tertiary/aromatic N) is 2. The van der Waals surface area contributed by atoms with E-state index in [0.717, 1.165) is 5.56 Å². The number of hydrogen-bond acceptors (Lipinski definition) is 2. The Morgan fingerprint density at radius 3 is 2.53 bits per heavy atom. The molecule has 0 atom stereocenters. The Hall–Kier alpha value is -1.56. The summed E-state index contributed by atoms with van der Waals surface area (Å²) in [5, 5.41) is 0. The summed E-state index contributed by atoms with van der Waals surface area (Å²) in [6.07, 6.45) is -5.28. The fourth-order valence-electron chi connectivity index (χ4n) is 2.20. The van der Waals surface area contributed by atoms with E-state index in [0.29, 0.717) is 17.6 Å². The Bertz CT molecular complexity index is 585. The van der Waals surface area contributed by atoms with Crippen molar-refractivity contribution >= 4 is 11.0 Å². The van der Waals surface area contributed by atoms with Gasteiger partial charge in [-0.3, -0.25) is 0 Å². The number of rotatable bonds is 3. The highest BCUT2D eigenvalue weighted by atomic mass is 19.4. The Kier molecular flexibility index (Phi) is 3.54. The number of hydrogen-bond donors (Lipinski definition) is 1. The molecule has 1 heterocycles. The molecule has 104 valence electrons. The molecule has 0 bridgehead atoms. The van der Waals surface area contributed by atoms with Crippen LogP contribution in [0.1, 0.15) is 31.3 Å². The van der Waals surface area contributed by atoms with Gasteiger partial charge in [-0.25, -0.2) is 4.98 Å². The lowest BCUT2D eigenvalue weighted by molar-refractivity contribution is -0.129. The van der Waals surface area contributed by atoms with Gasteiger partial charge in [-0.05, 0) is 31.5 Å². The van der Waals surface area contributed by atoms with Crippen molar-refractivity contribution in [3.63, 3.8) is 0 Å². The highest BCUT2D eigenvalue weighted by Gasteiger charge is 2.31. The second-order valence-corrected chi connectivity index (χ2v) is 4.81. The Morgan fingerprint density at radius 2 is 2.00 bits per heavy atom. The van der Waals surface area contributed by atoms with E-state index in [-0.39, 0.29) is 11.9 Å². The fourth-order valence-corrected chi connectivity index (χ4v) is 2.20. The van der Waals surface area contributed by atoms with E-state index < -0.39 is 12.6 Å². The van der Waals surface area contributed by atoms with E-state index >= 15 is 0 Å². The van der Waals surface area contributed by atoms with Gasteiger partial charge in [0.05, 0.1) is 11.0 Å². The van der Waals surface area contributed by atoms with Crippen LogP contribution in [0.2, 0.25) is 0 Å². The molecule has 0 saturated heterocycles. The summed E-state index contributed by atoms with van der Waals surface area (Å²) >= 11 is 0. The molecule has 0 aliphatic rings. The summed E-state index contributed by atoms with van der Waals surface area (Å²) in [6, 6.07) is 5.27. The molecule has 0 spiro atoms. The highest BCUT2D eigenvalue weighted by molar-refractivity contribution is 5.77. The van der Waals surface area contributed by atoms with E-state index in [4.69, 9.17) is 5.73 Å². The van der Waals surface area contributed by atoms with E-state index in [9.17, 15) is 13.2 Å². The monoisotopic (exact) mass is 271 g/mol. The first-order valence-electron chi connectivity index (χ1n) is 6.08. The van der Waals surface area contributed by atoms with Crippen molar-refractivity contribution in [2.45, 2.75) is 39.0 Å². The van der Waals surface area contributed by atoms with Crippen molar-refractivity contribution in [3.05, 3.63) is 29.6 Å². The molecule has 0 fully saturated rings. The lowest BCUT2D eigenvalue weighted by atomic mass is 10.2. The molecule has 0 saturated carbocycles. The second kappa shape index (κ2) is 4.85. The zero-order chi connectivity index (χ0) is 14.2. The first-order chi connectivity index (χ1) is 8.81. The minimum absolute atomic E-state index is 0.0478. The molecule has 19 heavy (non-hydrogen) atoms. The standard InChI is InChI=1S/C13H16F3N3/c1-8(2)19-11-4-3-9(7-17)5-10(11)18-12(19)6-13(14,15)16/h3-5,8H,6-7,17H2,1-2H3. The summed E-state index contributed by atoms with van der Waals surface area (Å²) in [4.78, 5) is 4.12. The third-order valence-corrected chi connectivity index (χ3v) is 2.94. The molecule has 2 N–H and O–H groups in total. The van der Waals surface area contributed by atoms with Gasteiger partial charge in [-0.2, -0.15) is 13.2 Å². The third-order valence-electron chi connectivity index (χ3n) is 2.94. The van der Waals surface area contributed by atoms with E-state index in [1.807, 2.05) is 19.9 Å². The van der Waals surface area contributed by atoms with Crippen LogP contribution < -0.4 is 5.73 Å². The Morgan fingerprint density at radius 1 is 1.32 bits per heavy atom. The van der Waals surface area contributed by atoms with Crippen molar-refractivity contribution in [2.75, 3.05) is 0 Å². The maximum atomic E-state index is 12.6. The van der Waals surface area contributed by atoms with Gasteiger partial charge >= 0.3 is 6.18 Å². The predicted molar refractivity (Wildman–Crippen MR) is 67.8 cm³/mol. The van der Waals surface area contributed by atoms with Crippen LogP contribution in [-0.4, -0.2) is 15.7 Å². The van der Waals surface area contributed by atoms with Gasteiger partial charge in [0, 0.05) is 12.6 Å². The molecule has 3 nitrogen and oxygen atoms in total. The largest absolute Gasteiger partial charge is 0.396 e. The number of aromatic nitrogens is 2. The number of halogens is 3. The van der Waals surface area contributed by atoms with E-state index in [2.05, 4.69) is 4.98 Å². The molecule has 0 aliphatic carbocycles. The first-order valence-corrected chi connectivity index (χ1v) is 6.08. The number of alkyl halides is 3. The van der Waals surface area contributed by atoms with E-state index in [1.54, 1.807) is 16.7 Å². The van der Waals surface area contributed by atoms with Gasteiger partial charge in [-0.15, -0.1) is 0 Å². The first kappa shape index (κ1) is 13.9. The Balaban J connectivity index is 2.59. The van der Waals surface area contributed by atoms with Gasteiger partial charge in [0.15, 0.2) is 0 Å². The molecule has 0 unspecified atom stereocenters. The number of nitrogens with two attached hydrogens (primary N) is 1. The highest BCUT2D eigenvalue weighted by Crippen LogP contribution is 2.27. The minimum atomic E-state index is -4.26. The van der Waals surface area contributed by atoms with Crippen molar-refractivity contribution < 1.29 is 13.2 Å². The molecule has 2 aromatic rings. The van der Waals surface area contributed by atoms with Gasteiger partial charge in [-0.1, -0.05) is 6.07 Å². The molecular formula is C13H16F3N3. The van der Waals surface area contributed by atoms with Crippen LogP contribution in [-0.2, 0) is 13.0 Å². The molecule has 6 heteroatoms. The smallest absolute Gasteiger partial charge is 0.326 e. The average molecular weight is 271 g/mol. The molecule has 1 aromatic carbocycles. The van der Waals surface area contributed by atoms with Crippen LogP contribution in [0.25, 0.3) is 11.0 Å². The van der Waals surface area contributed by atoms with Crippen molar-refractivity contribution in [2.24, 2.45) is 5.73 Å². The summed E-state index contributed by atoms with van der Waals surface area (Å²) in [6.45, 7) is 4.04. The van der Waals surface area contributed by atoms with Crippen LogP contribution in [0.5, 0.6) is 0 Å². The lowest BCUT2D eigenvalue weighted by Crippen LogP contribution is -2.17. The quantitative estimate of drug-likeness (QED) is 0.931. The maximum absolute atomic E-state index is 12.6. The molecule has 0 radical (unpaired) electrons. The van der Waals surface area contributed by atoms with Crippen LogP contribution in [0.3, 0.4) is 0 Å². The van der Waals surface area contributed by atoms with Gasteiger partial charge < -0.3 is 10.3 Å². The molecule has 1 aromatic heterocycles. The zero-order valence-electron chi connectivity index (χ0n) is 10.8. The number of fused-ring (bicyclic) bond motifs is 1.